The van der Waals surface area contributed by atoms with Crippen LogP contribution in [-0.4, -0.2) is 95.9 Å². The third-order valence-electron chi connectivity index (χ3n) is 4.93. The third kappa shape index (κ3) is 9.55. The van der Waals surface area contributed by atoms with Crippen LogP contribution in [0.15, 0.2) is 21.9 Å². The molecule has 37 heavy (non-hydrogen) atoms. The maximum absolute atomic E-state index is 12.1. The molecule has 0 saturated carbocycles. The van der Waals surface area contributed by atoms with Crippen molar-refractivity contribution in [1.29, 1.82) is 0 Å². The maximum Gasteiger partial charge on any atom is 1.00 e. The molecule has 0 spiro atoms. The molecule has 200 valence electrons. The van der Waals surface area contributed by atoms with E-state index in [1.807, 2.05) is 4.98 Å². The number of nitrogens with one attached hydrogen (secondary N) is 1. The summed E-state index contributed by atoms with van der Waals surface area (Å²) in [6.45, 7) is -1.40. The van der Waals surface area contributed by atoms with Gasteiger partial charge in [0.1, 0.15) is 42.1 Å². The van der Waals surface area contributed by atoms with Crippen molar-refractivity contribution in [2.45, 2.75) is 48.3 Å². The van der Waals surface area contributed by atoms with Gasteiger partial charge in [0, 0.05) is 12.3 Å². The van der Waals surface area contributed by atoms with E-state index in [1.165, 1.54) is 0 Å². The molecule has 10 atom stereocenters. The number of hydrogen-bond acceptors (Lipinski definition) is 16. The SMILES string of the molecule is O=c1ccn([C@@H]2O[C@H](COP(=O)([O-])OP(=O)([O-])CS[C@@H]3OC[C@H](O)[C@H](O)[C@H]3O)[C@@H](O)[C@H]2O)c(=O)[nH]1.[Na+].[Na+]. The zero-order valence-electron chi connectivity index (χ0n) is 19.5. The van der Waals surface area contributed by atoms with Crippen LogP contribution in [-0.2, 0) is 27.4 Å². The van der Waals surface area contributed by atoms with E-state index in [9.17, 15) is 54.0 Å². The first-order chi connectivity index (χ1) is 16.2. The van der Waals surface area contributed by atoms with Crippen molar-refractivity contribution in [2.24, 2.45) is 0 Å². The molecule has 17 nitrogen and oxygen atoms in total. The standard InChI is InChI=1S/C15H24N2O15P2S.2Na/c18-6-3-29-14(12(23)9(6)20)35-5-33(25,26)32-34(27,28)30-4-7-10(21)11(22)13(31-7)17-2-1-8(19)16-15(17)24;;/h1-2,6-7,9-14,18,20-23H,3-5H2,(H,25,26)(H,27,28)(H,16,19,24);;/q;2*+1/p-2/t6-,7+,9-,10+,11+,12+,13+,14-;;/m0../s1. The minimum Gasteiger partial charge on any atom is -0.778 e. The average Bonchev–Trinajstić information content (AvgIpc) is 3.03. The van der Waals surface area contributed by atoms with E-state index >= 15 is 0 Å². The van der Waals surface area contributed by atoms with Gasteiger partial charge in [-0.1, -0.05) is 0 Å². The number of thioether (sulfide) groups is 1. The van der Waals surface area contributed by atoms with Gasteiger partial charge in [-0.2, -0.15) is 0 Å². The summed E-state index contributed by atoms with van der Waals surface area (Å²) in [6, 6.07) is 0.942. The fraction of sp³-hybridized carbons (Fsp3) is 0.733. The number of phosphoric ester groups is 1. The number of aromatic nitrogens is 2. The van der Waals surface area contributed by atoms with E-state index in [0.29, 0.717) is 11.8 Å². The molecule has 0 amide bonds. The molecule has 22 heteroatoms. The molecule has 0 radical (unpaired) electrons. The predicted molar refractivity (Wildman–Crippen MR) is 110 cm³/mol. The molecule has 2 saturated heterocycles. The van der Waals surface area contributed by atoms with Crippen LogP contribution < -0.4 is 80.2 Å². The first-order valence-corrected chi connectivity index (χ1v) is 14.0. The Bertz CT molecular complexity index is 1110. The first kappa shape index (κ1) is 36.1. The molecule has 2 unspecified atom stereocenters. The van der Waals surface area contributed by atoms with E-state index in [0.717, 1.165) is 16.8 Å². The van der Waals surface area contributed by atoms with Crippen molar-refractivity contribution in [1.82, 2.24) is 9.55 Å². The number of aromatic amines is 1. The summed E-state index contributed by atoms with van der Waals surface area (Å²) in [6.07, 6.45) is -10.2. The summed E-state index contributed by atoms with van der Waals surface area (Å²) >= 11 is 0.388. The Kier molecular flexibility index (Phi) is 14.4. The molecule has 1 aromatic heterocycles. The number of aliphatic hydroxyl groups is 5. The Labute approximate surface area is 256 Å². The van der Waals surface area contributed by atoms with Crippen molar-refractivity contribution in [3.8, 4) is 0 Å². The van der Waals surface area contributed by atoms with Gasteiger partial charge >= 0.3 is 64.8 Å². The second-order valence-corrected chi connectivity index (χ2v) is 12.4. The fourth-order valence-electron chi connectivity index (χ4n) is 3.18. The summed E-state index contributed by atoms with van der Waals surface area (Å²) in [5, 5.41) is 49.0. The molecule has 0 aliphatic carbocycles. The van der Waals surface area contributed by atoms with Gasteiger partial charge in [-0.15, -0.1) is 11.8 Å². The first-order valence-electron chi connectivity index (χ1n) is 9.78. The smallest absolute Gasteiger partial charge is 0.778 e. The number of phosphoric acid groups is 1. The second-order valence-electron chi connectivity index (χ2n) is 7.55. The molecular weight excluding hydrogens is 588 g/mol. The summed E-state index contributed by atoms with van der Waals surface area (Å²) in [7, 11) is -10.7. The van der Waals surface area contributed by atoms with Crippen LogP contribution in [0.4, 0.5) is 0 Å². The van der Waals surface area contributed by atoms with Crippen molar-refractivity contribution in [2.75, 3.05) is 18.7 Å². The number of nitrogens with zero attached hydrogens (tertiary/aromatic N) is 1. The van der Waals surface area contributed by atoms with Crippen molar-refractivity contribution in [3.63, 3.8) is 0 Å². The van der Waals surface area contributed by atoms with Crippen LogP contribution in [0.1, 0.15) is 6.23 Å². The summed E-state index contributed by atoms with van der Waals surface area (Å²) in [5.41, 5.74) is -4.04. The van der Waals surface area contributed by atoms with Crippen LogP contribution in [0.3, 0.4) is 0 Å². The van der Waals surface area contributed by atoms with E-state index in [2.05, 4.69) is 8.83 Å². The van der Waals surface area contributed by atoms with Crippen molar-refractivity contribution < 1.29 is 122 Å². The zero-order chi connectivity index (χ0) is 26.1. The van der Waals surface area contributed by atoms with E-state index in [1.54, 1.807) is 0 Å². The van der Waals surface area contributed by atoms with E-state index in [4.69, 9.17) is 9.47 Å². The quantitative estimate of drug-likeness (QED) is 0.112. The summed E-state index contributed by atoms with van der Waals surface area (Å²) in [5.74, 6) is 0. The zero-order valence-corrected chi connectivity index (χ0v) is 26.1. The van der Waals surface area contributed by atoms with Gasteiger partial charge in [-0.3, -0.25) is 23.2 Å². The predicted octanol–water partition coefficient (Wildman–Crippen LogP) is -10.7. The Morgan fingerprint density at radius 1 is 1.08 bits per heavy atom. The topological polar surface area (TPSA) is 273 Å². The Hall–Kier alpha value is 1.05. The number of hydrogen-bond donors (Lipinski definition) is 6. The van der Waals surface area contributed by atoms with E-state index < -0.39 is 93.7 Å². The largest absolute Gasteiger partial charge is 1.00 e. The van der Waals surface area contributed by atoms with Crippen molar-refractivity contribution >= 4 is 27.2 Å². The normalized spacial score (nSPS) is 35.0. The van der Waals surface area contributed by atoms with Crippen LogP contribution in [0, 0.1) is 0 Å². The summed E-state index contributed by atoms with van der Waals surface area (Å²) in [4.78, 5) is 49.0. The average molecular weight is 610 g/mol. The fourth-order valence-corrected chi connectivity index (χ4v) is 7.38. The molecule has 2 fully saturated rings. The van der Waals surface area contributed by atoms with Gasteiger partial charge in [0.2, 0.25) is 0 Å². The molecule has 2 aliphatic heterocycles. The Morgan fingerprint density at radius 3 is 2.35 bits per heavy atom. The van der Waals surface area contributed by atoms with Gasteiger partial charge < -0.3 is 53.9 Å². The van der Waals surface area contributed by atoms with E-state index in [-0.39, 0.29) is 59.1 Å². The molecule has 3 rings (SSSR count). The Morgan fingerprint density at radius 2 is 1.73 bits per heavy atom. The molecule has 3 heterocycles. The molecule has 1 aromatic rings. The second kappa shape index (κ2) is 14.8. The maximum atomic E-state index is 12.1. The van der Waals surface area contributed by atoms with Gasteiger partial charge in [-0.25, -0.2) is 4.79 Å². The minimum absolute atomic E-state index is 0. The van der Waals surface area contributed by atoms with Gasteiger partial charge in [0.15, 0.2) is 13.8 Å². The minimum atomic E-state index is -5.55. The van der Waals surface area contributed by atoms with Gasteiger partial charge in [0.25, 0.3) is 13.4 Å². The molecular formula is C15H22N2Na2O15P2S. The van der Waals surface area contributed by atoms with Crippen LogP contribution >= 0.6 is 27.2 Å². The molecule has 0 bridgehead atoms. The molecule has 2 aliphatic rings. The monoisotopic (exact) mass is 610 g/mol. The van der Waals surface area contributed by atoms with Gasteiger partial charge in [-0.05, 0) is 0 Å². The number of rotatable bonds is 9. The van der Waals surface area contributed by atoms with Crippen LogP contribution in [0.25, 0.3) is 0 Å². The summed E-state index contributed by atoms with van der Waals surface area (Å²) < 4.78 is 43.5. The number of aliphatic hydroxyl groups excluding tert-OH is 5. The number of H-pyrrole nitrogens is 1. The Balaban J connectivity index is 0.00000342. The van der Waals surface area contributed by atoms with Gasteiger partial charge in [0.05, 0.1) is 18.7 Å². The molecule has 6 N–H and O–H groups in total. The van der Waals surface area contributed by atoms with Crippen LogP contribution in [0.2, 0.25) is 0 Å². The van der Waals surface area contributed by atoms with Crippen molar-refractivity contribution in [3.05, 3.63) is 33.1 Å². The van der Waals surface area contributed by atoms with Crippen LogP contribution in [0.5, 0.6) is 0 Å². The third-order valence-corrected chi connectivity index (χ3v) is 9.80. The molecule has 0 aromatic carbocycles. The number of ether oxygens (including phenoxy) is 2.